The van der Waals surface area contributed by atoms with Crippen molar-refractivity contribution in [2.75, 3.05) is 37.7 Å². The zero-order valence-electron chi connectivity index (χ0n) is 19.1. The predicted molar refractivity (Wildman–Crippen MR) is 122 cm³/mol. The van der Waals surface area contributed by atoms with E-state index in [9.17, 15) is 14.4 Å². The summed E-state index contributed by atoms with van der Waals surface area (Å²) in [6.07, 6.45) is 7.83. The van der Waals surface area contributed by atoms with Crippen LogP contribution < -0.4 is 15.5 Å². The van der Waals surface area contributed by atoms with E-state index in [-0.39, 0.29) is 17.9 Å². The Kier molecular flexibility index (Phi) is 8.84. The zero-order chi connectivity index (χ0) is 22.9. The van der Waals surface area contributed by atoms with Crippen molar-refractivity contribution in [3.8, 4) is 0 Å². The maximum absolute atomic E-state index is 12.6. The topological polar surface area (TPSA) is 104 Å². The number of aromatic nitrogens is 1. The van der Waals surface area contributed by atoms with Crippen molar-refractivity contribution in [2.45, 2.75) is 64.5 Å². The number of ether oxygens (including phenoxy) is 1. The number of nitrogens with one attached hydrogen (secondary N) is 2. The Balaban J connectivity index is 1.48. The summed E-state index contributed by atoms with van der Waals surface area (Å²) in [5.41, 5.74) is 0.434. The van der Waals surface area contributed by atoms with Crippen LogP contribution in [0.2, 0.25) is 0 Å². The molecule has 1 saturated heterocycles. The van der Waals surface area contributed by atoms with Gasteiger partial charge in [0, 0.05) is 38.4 Å². The number of nitrogens with zero attached hydrogens (tertiary/aromatic N) is 3. The number of imide groups is 1. The number of hydrogen-bond donors (Lipinski definition) is 2. The van der Waals surface area contributed by atoms with Crippen LogP contribution in [0.3, 0.4) is 0 Å². The first-order chi connectivity index (χ1) is 15.5. The van der Waals surface area contributed by atoms with Gasteiger partial charge in [0.15, 0.2) is 0 Å². The van der Waals surface area contributed by atoms with Crippen LogP contribution in [-0.2, 0) is 9.53 Å². The molecule has 1 unspecified atom stereocenters. The van der Waals surface area contributed by atoms with Crippen LogP contribution >= 0.6 is 0 Å². The van der Waals surface area contributed by atoms with E-state index in [0.717, 1.165) is 51.0 Å². The molecule has 0 bridgehead atoms. The summed E-state index contributed by atoms with van der Waals surface area (Å²) in [7, 11) is 0. The maximum atomic E-state index is 12.6. The lowest BCUT2D eigenvalue weighted by Crippen LogP contribution is -2.52. The van der Waals surface area contributed by atoms with Crippen molar-refractivity contribution in [3.63, 3.8) is 0 Å². The fourth-order valence-electron chi connectivity index (χ4n) is 4.31. The molecule has 32 heavy (non-hydrogen) atoms. The molecule has 1 saturated carbocycles. The van der Waals surface area contributed by atoms with E-state index in [0.29, 0.717) is 25.3 Å². The van der Waals surface area contributed by atoms with E-state index in [1.165, 1.54) is 12.6 Å². The van der Waals surface area contributed by atoms with Gasteiger partial charge >= 0.3 is 12.0 Å². The number of carbonyl (C=O) groups is 3. The van der Waals surface area contributed by atoms with Gasteiger partial charge in [-0.1, -0.05) is 19.3 Å². The zero-order valence-corrected chi connectivity index (χ0v) is 19.1. The van der Waals surface area contributed by atoms with Crippen molar-refractivity contribution in [1.29, 1.82) is 0 Å². The molecular formula is C23H35N5O4. The molecule has 0 spiro atoms. The highest BCUT2D eigenvalue weighted by Gasteiger charge is 2.26. The number of rotatable bonds is 6. The van der Waals surface area contributed by atoms with E-state index in [1.807, 2.05) is 13.0 Å². The number of anilines is 1. The Hall–Kier alpha value is -2.68. The van der Waals surface area contributed by atoms with Gasteiger partial charge < -0.3 is 15.0 Å². The van der Waals surface area contributed by atoms with Crippen LogP contribution in [0, 0.1) is 0 Å². The molecule has 1 aromatic heterocycles. The summed E-state index contributed by atoms with van der Waals surface area (Å²) in [6, 6.07) is 2.93. The molecular weight excluding hydrogens is 410 g/mol. The van der Waals surface area contributed by atoms with Gasteiger partial charge in [0.1, 0.15) is 5.82 Å². The number of amides is 3. The SMILES string of the molecule is CCOC(=O)c1ccc(N2CCCN(C(C)C(=O)NC(=O)NC3CCCCC3)CC2)nc1. The Labute approximate surface area is 189 Å². The fraction of sp³-hybridized carbons (Fsp3) is 0.652. The van der Waals surface area contributed by atoms with Crippen molar-refractivity contribution in [3.05, 3.63) is 23.9 Å². The molecule has 1 aliphatic heterocycles. The van der Waals surface area contributed by atoms with E-state index in [1.54, 1.807) is 13.0 Å². The molecule has 1 atom stereocenters. The van der Waals surface area contributed by atoms with Gasteiger partial charge in [0.05, 0.1) is 18.2 Å². The summed E-state index contributed by atoms with van der Waals surface area (Å²) >= 11 is 0. The predicted octanol–water partition coefficient (Wildman–Crippen LogP) is 2.32. The van der Waals surface area contributed by atoms with Crippen molar-refractivity contribution < 1.29 is 19.1 Å². The Morgan fingerprint density at radius 2 is 1.88 bits per heavy atom. The Bertz CT molecular complexity index is 779. The lowest BCUT2D eigenvalue weighted by molar-refractivity contribution is -0.124. The van der Waals surface area contributed by atoms with Crippen LogP contribution in [0.25, 0.3) is 0 Å². The second-order valence-electron chi connectivity index (χ2n) is 8.48. The average molecular weight is 446 g/mol. The van der Waals surface area contributed by atoms with Crippen LogP contribution in [0.15, 0.2) is 18.3 Å². The Morgan fingerprint density at radius 3 is 2.56 bits per heavy atom. The van der Waals surface area contributed by atoms with Gasteiger partial charge in [-0.15, -0.1) is 0 Å². The highest BCUT2D eigenvalue weighted by atomic mass is 16.5. The monoisotopic (exact) mass is 445 g/mol. The van der Waals surface area contributed by atoms with Gasteiger partial charge in [-0.2, -0.15) is 0 Å². The minimum Gasteiger partial charge on any atom is -0.462 e. The summed E-state index contributed by atoms with van der Waals surface area (Å²) in [5.74, 6) is 0.147. The first-order valence-electron chi connectivity index (χ1n) is 11.7. The first kappa shape index (κ1) is 24.0. The van der Waals surface area contributed by atoms with E-state index in [2.05, 4.69) is 25.4 Å². The van der Waals surface area contributed by atoms with Gasteiger partial charge in [0.2, 0.25) is 5.91 Å². The summed E-state index contributed by atoms with van der Waals surface area (Å²) < 4.78 is 5.00. The number of urea groups is 1. The minimum atomic E-state index is -0.397. The highest BCUT2D eigenvalue weighted by molar-refractivity contribution is 5.96. The van der Waals surface area contributed by atoms with Crippen molar-refractivity contribution in [1.82, 2.24) is 20.5 Å². The minimum absolute atomic E-state index is 0.168. The average Bonchev–Trinajstić information content (AvgIpc) is 3.06. The van der Waals surface area contributed by atoms with Gasteiger partial charge in [0.25, 0.3) is 0 Å². The number of carbonyl (C=O) groups excluding carboxylic acids is 3. The first-order valence-corrected chi connectivity index (χ1v) is 11.7. The van der Waals surface area contributed by atoms with Crippen LogP contribution in [0.5, 0.6) is 0 Å². The molecule has 2 fully saturated rings. The summed E-state index contributed by atoms with van der Waals surface area (Å²) in [5, 5.41) is 5.44. The molecule has 2 aliphatic rings. The van der Waals surface area contributed by atoms with E-state index < -0.39 is 12.1 Å². The third kappa shape index (κ3) is 6.66. The molecule has 3 amide bonds. The third-order valence-electron chi connectivity index (χ3n) is 6.22. The van der Waals surface area contributed by atoms with Crippen LogP contribution in [-0.4, -0.2) is 72.7 Å². The number of esters is 1. The molecule has 0 radical (unpaired) electrons. The second kappa shape index (κ2) is 11.8. The molecule has 1 aliphatic carbocycles. The highest BCUT2D eigenvalue weighted by Crippen LogP contribution is 2.18. The molecule has 0 aromatic carbocycles. The third-order valence-corrected chi connectivity index (χ3v) is 6.22. The lowest BCUT2D eigenvalue weighted by atomic mass is 9.96. The second-order valence-corrected chi connectivity index (χ2v) is 8.48. The van der Waals surface area contributed by atoms with Crippen LogP contribution in [0.4, 0.5) is 10.6 Å². The number of pyridine rings is 1. The van der Waals surface area contributed by atoms with E-state index >= 15 is 0 Å². The molecule has 9 nitrogen and oxygen atoms in total. The normalized spacial score (nSPS) is 19.0. The smallest absolute Gasteiger partial charge is 0.339 e. The standard InChI is InChI=1S/C23H35N5O4/c1-3-32-22(30)18-10-11-20(24-16-18)28-13-7-12-27(14-15-28)17(2)21(29)26-23(31)25-19-8-5-4-6-9-19/h10-11,16-17,19H,3-9,12-15H2,1-2H3,(H2,25,26,29,31). The van der Waals surface area contributed by atoms with Gasteiger partial charge in [-0.25, -0.2) is 14.6 Å². The molecule has 2 heterocycles. The fourth-order valence-corrected chi connectivity index (χ4v) is 4.31. The Morgan fingerprint density at radius 1 is 1.09 bits per heavy atom. The maximum Gasteiger partial charge on any atom is 0.339 e. The van der Waals surface area contributed by atoms with Gasteiger partial charge in [-0.05, 0) is 45.2 Å². The summed E-state index contributed by atoms with van der Waals surface area (Å²) in [4.78, 5) is 45.3. The lowest BCUT2D eigenvalue weighted by Gasteiger charge is -2.27. The molecule has 9 heteroatoms. The molecule has 1 aromatic rings. The quantitative estimate of drug-likeness (QED) is 0.648. The largest absolute Gasteiger partial charge is 0.462 e. The van der Waals surface area contributed by atoms with E-state index in [4.69, 9.17) is 4.74 Å². The molecule has 2 N–H and O–H groups in total. The summed E-state index contributed by atoms with van der Waals surface area (Å²) in [6.45, 7) is 6.89. The number of hydrogen-bond acceptors (Lipinski definition) is 7. The molecule has 3 rings (SSSR count). The van der Waals surface area contributed by atoms with Crippen molar-refractivity contribution >= 4 is 23.7 Å². The molecule has 176 valence electrons. The van der Waals surface area contributed by atoms with Gasteiger partial charge in [-0.3, -0.25) is 15.0 Å². The van der Waals surface area contributed by atoms with Crippen LogP contribution in [0.1, 0.15) is 62.7 Å². The van der Waals surface area contributed by atoms with Crippen molar-refractivity contribution in [2.24, 2.45) is 0 Å².